The van der Waals surface area contributed by atoms with E-state index in [0.717, 1.165) is 17.0 Å². The lowest BCUT2D eigenvalue weighted by atomic mass is 9.90. The van der Waals surface area contributed by atoms with Crippen LogP contribution in [-0.2, 0) is 9.53 Å². The summed E-state index contributed by atoms with van der Waals surface area (Å²) in [6.07, 6.45) is 1.18. The summed E-state index contributed by atoms with van der Waals surface area (Å²) in [4.78, 5) is 16.9. The van der Waals surface area contributed by atoms with Crippen molar-refractivity contribution in [2.75, 3.05) is 18.5 Å². The van der Waals surface area contributed by atoms with Crippen LogP contribution in [-0.4, -0.2) is 35.7 Å². The SMILES string of the molecule is CC(C)Oc1ccc(-c2csc(NC(=O)C3(N)CCOCC3)n2)cc1. The van der Waals surface area contributed by atoms with Crippen LogP contribution in [0.5, 0.6) is 5.75 Å². The molecule has 2 aromatic rings. The molecule has 0 aliphatic carbocycles. The Balaban J connectivity index is 1.66. The number of rotatable bonds is 5. The average Bonchev–Trinajstić information content (AvgIpc) is 3.04. The predicted molar refractivity (Wildman–Crippen MR) is 98.9 cm³/mol. The Hall–Kier alpha value is -1.96. The van der Waals surface area contributed by atoms with Gasteiger partial charge in [0.1, 0.15) is 11.3 Å². The van der Waals surface area contributed by atoms with Crippen LogP contribution >= 0.6 is 11.3 Å². The summed E-state index contributed by atoms with van der Waals surface area (Å²) in [5, 5.41) is 5.32. The third-order valence-electron chi connectivity index (χ3n) is 4.08. The number of ether oxygens (including phenoxy) is 2. The van der Waals surface area contributed by atoms with Crippen LogP contribution < -0.4 is 15.8 Å². The molecular weight excluding hydrogens is 338 g/mol. The van der Waals surface area contributed by atoms with Gasteiger partial charge in [-0.05, 0) is 51.0 Å². The van der Waals surface area contributed by atoms with Crippen LogP contribution in [0.1, 0.15) is 26.7 Å². The zero-order chi connectivity index (χ0) is 17.9. The molecular formula is C18H23N3O3S. The third-order valence-corrected chi connectivity index (χ3v) is 4.84. The minimum Gasteiger partial charge on any atom is -0.491 e. The van der Waals surface area contributed by atoms with Crippen LogP contribution in [0.2, 0.25) is 0 Å². The molecule has 2 heterocycles. The fourth-order valence-corrected chi connectivity index (χ4v) is 3.34. The topological polar surface area (TPSA) is 86.5 Å². The second-order valence-electron chi connectivity index (χ2n) is 6.45. The molecule has 0 saturated carbocycles. The smallest absolute Gasteiger partial charge is 0.246 e. The van der Waals surface area contributed by atoms with E-state index in [1.54, 1.807) is 0 Å². The van der Waals surface area contributed by atoms with Crippen LogP contribution in [0.25, 0.3) is 11.3 Å². The third kappa shape index (κ3) is 4.36. The minimum absolute atomic E-state index is 0.140. The second-order valence-corrected chi connectivity index (χ2v) is 7.31. The Morgan fingerprint density at radius 3 is 2.64 bits per heavy atom. The van der Waals surface area contributed by atoms with E-state index in [2.05, 4.69) is 10.3 Å². The van der Waals surface area contributed by atoms with Crippen LogP contribution in [0.3, 0.4) is 0 Å². The zero-order valence-electron chi connectivity index (χ0n) is 14.5. The Morgan fingerprint density at radius 2 is 2.00 bits per heavy atom. The molecule has 134 valence electrons. The number of hydrogen-bond donors (Lipinski definition) is 2. The first-order valence-electron chi connectivity index (χ1n) is 8.37. The van der Waals surface area contributed by atoms with Crippen molar-refractivity contribution < 1.29 is 14.3 Å². The molecule has 1 amide bonds. The fraction of sp³-hybridized carbons (Fsp3) is 0.444. The molecule has 1 aromatic carbocycles. The van der Waals surface area contributed by atoms with Crippen molar-refractivity contribution in [3.63, 3.8) is 0 Å². The maximum Gasteiger partial charge on any atom is 0.246 e. The standard InChI is InChI=1S/C18H23N3O3S/c1-12(2)24-14-5-3-13(4-6-14)15-11-25-17(20-15)21-16(22)18(19)7-9-23-10-8-18/h3-6,11-12H,7-10,19H2,1-2H3,(H,20,21,22). The number of hydrogen-bond acceptors (Lipinski definition) is 6. The summed E-state index contributed by atoms with van der Waals surface area (Å²) in [6.45, 7) is 5.01. The van der Waals surface area contributed by atoms with E-state index in [1.165, 1.54) is 11.3 Å². The number of carbonyl (C=O) groups is 1. The first-order valence-corrected chi connectivity index (χ1v) is 9.25. The lowest BCUT2D eigenvalue weighted by molar-refractivity contribution is -0.124. The average molecular weight is 361 g/mol. The highest BCUT2D eigenvalue weighted by atomic mass is 32.1. The van der Waals surface area contributed by atoms with Crippen molar-refractivity contribution >= 4 is 22.4 Å². The molecule has 0 spiro atoms. The lowest BCUT2D eigenvalue weighted by Crippen LogP contribution is -2.54. The molecule has 1 aromatic heterocycles. The monoisotopic (exact) mass is 361 g/mol. The van der Waals surface area contributed by atoms with Crippen molar-refractivity contribution in [2.45, 2.75) is 38.3 Å². The summed E-state index contributed by atoms with van der Waals surface area (Å²) in [7, 11) is 0. The summed E-state index contributed by atoms with van der Waals surface area (Å²) in [5.74, 6) is 0.629. The predicted octanol–water partition coefficient (Wildman–Crippen LogP) is 3.04. The summed E-state index contributed by atoms with van der Waals surface area (Å²) >= 11 is 1.39. The van der Waals surface area contributed by atoms with Gasteiger partial charge in [-0.15, -0.1) is 11.3 Å². The van der Waals surface area contributed by atoms with Crippen molar-refractivity contribution in [3.05, 3.63) is 29.6 Å². The van der Waals surface area contributed by atoms with Crippen molar-refractivity contribution in [1.82, 2.24) is 4.98 Å². The number of thiazole rings is 1. The van der Waals surface area contributed by atoms with Gasteiger partial charge < -0.3 is 20.5 Å². The van der Waals surface area contributed by atoms with Gasteiger partial charge in [0.15, 0.2) is 5.13 Å². The molecule has 1 aliphatic rings. The molecule has 6 nitrogen and oxygen atoms in total. The quantitative estimate of drug-likeness (QED) is 0.855. The number of carbonyl (C=O) groups excluding carboxylic acids is 1. The van der Waals surface area contributed by atoms with Gasteiger partial charge in [0, 0.05) is 24.2 Å². The highest BCUT2D eigenvalue weighted by Crippen LogP contribution is 2.28. The minimum atomic E-state index is -0.875. The zero-order valence-corrected chi connectivity index (χ0v) is 15.3. The van der Waals surface area contributed by atoms with E-state index in [1.807, 2.05) is 43.5 Å². The van der Waals surface area contributed by atoms with Crippen molar-refractivity contribution in [3.8, 4) is 17.0 Å². The van der Waals surface area contributed by atoms with E-state index < -0.39 is 5.54 Å². The number of nitrogens with one attached hydrogen (secondary N) is 1. The molecule has 1 fully saturated rings. The van der Waals surface area contributed by atoms with E-state index in [9.17, 15) is 4.79 Å². The Morgan fingerprint density at radius 1 is 1.32 bits per heavy atom. The van der Waals surface area contributed by atoms with Gasteiger partial charge in [0.2, 0.25) is 5.91 Å². The van der Waals surface area contributed by atoms with E-state index in [-0.39, 0.29) is 12.0 Å². The maximum absolute atomic E-state index is 12.4. The van der Waals surface area contributed by atoms with Gasteiger partial charge in [-0.3, -0.25) is 4.79 Å². The summed E-state index contributed by atoms with van der Waals surface area (Å²) in [6, 6.07) is 7.76. The largest absolute Gasteiger partial charge is 0.491 e. The maximum atomic E-state index is 12.4. The molecule has 25 heavy (non-hydrogen) atoms. The molecule has 7 heteroatoms. The molecule has 0 radical (unpaired) electrons. The molecule has 0 atom stereocenters. The van der Waals surface area contributed by atoms with Gasteiger partial charge in [0.05, 0.1) is 11.8 Å². The number of anilines is 1. The highest BCUT2D eigenvalue weighted by molar-refractivity contribution is 7.14. The molecule has 0 bridgehead atoms. The number of nitrogens with two attached hydrogens (primary N) is 1. The van der Waals surface area contributed by atoms with E-state index in [0.29, 0.717) is 31.2 Å². The van der Waals surface area contributed by atoms with Gasteiger partial charge in [-0.2, -0.15) is 0 Å². The van der Waals surface area contributed by atoms with Crippen LogP contribution in [0.15, 0.2) is 29.6 Å². The van der Waals surface area contributed by atoms with E-state index in [4.69, 9.17) is 15.2 Å². The normalized spacial score (nSPS) is 16.6. The highest BCUT2D eigenvalue weighted by Gasteiger charge is 2.36. The molecule has 3 rings (SSSR count). The fourth-order valence-electron chi connectivity index (χ4n) is 2.62. The summed E-state index contributed by atoms with van der Waals surface area (Å²) in [5.41, 5.74) is 7.11. The number of benzene rings is 1. The van der Waals surface area contributed by atoms with Gasteiger partial charge in [-0.1, -0.05) is 0 Å². The molecule has 1 saturated heterocycles. The molecule has 1 aliphatic heterocycles. The van der Waals surface area contributed by atoms with Crippen LogP contribution in [0.4, 0.5) is 5.13 Å². The Kier molecular flexibility index (Phi) is 5.36. The van der Waals surface area contributed by atoms with E-state index >= 15 is 0 Å². The molecule has 0 unspecified atom stereocenters. The number of nitrogens with zero attached hydrogens (tertiary/aromatic N) is 1. The van der Waals surface area contributed by atoms with Gasteiger partial charge in [0.25, 0.3) is 0 Å². The lowest BCUT2D eigenvalue weighted by Gasteiger charge is -2.31. The first kappa shape index (κ1) is 17.8. The Labute approximate surface area is 151 Å². The van der Waals surface area contributed by atoms with Gasteiger partial charge in [-0.25, -0.2) is 4.98 Å². The Bertz CT molecular complexity index is 721. The van der Waals surface area contributed by atoms with Crippen molar-refractivity contribution in [1.29, 1.82) is 0 Å². The second kappa shape index (κ2) is 7.51. The number of amides is 1. The van der Waals surface area contributed by atoms with Gasteiger partial charge >= 0.3 is 0 Å². The van der Waals surface area contributed by atoms with Crippen LogP contribution in [0, 0.1) is 0 Å². The first-order chi connectivity index (χ1) is 12.0. The van der Waals surface area contributed by atoms with Crippen molar-refractivity contribution in [2.24, 2.45) is 5.73 Å². The molecule has 3 N–H and O–H groups in total. The summed E-state index contributed by atoms with van der Waals surface area (Å²) < 4.78 is 10.9. The number of aromatic nitrogens is 1.